The molecule has 146 valence electrons. The van der Waals surface area contributed by atoms with Crippen molar-refractivity contribution < 1.29 is 19.1 Å². The van der Waals surface area contributed by atoms with Gasteiger partial charge in [-0.15, -0.1) is 0 Å². The molecule has 0 spiro atoms. The molecular formula is C20H22N4O4. The van der Waals surface area contributed by atoms with Crippen LogP contribution in [-0.4, -0.2) is 47.8 Å². The van der Waals surface area contributed by atoms with Crippen LogP contribution < -0.4 is 9.64 Å². The summed E-state index contributed by atoms with van der Waals surface area (Å²) in [6.45, 7) is 0.224. The number of H-pyrrole nitrogens is 1. The summed E-state index contributed by atoms with van der Waals surface area (Å²) in [7, 11) is 2.90. The predicted molar refractivity (Wildman–Crippen MR) is 104 cm³/mol. The molecule has 0 bridgehead atoms. The lowest BCUT2D eigenvalue weighted by Gasteiger charge is -2.23. The fourth-order valence-corrected chi connectivity index (χ4v) is 2.94. The van der Waals surface area contributed by atoms with Gasteiger partial charge in [0.1, 0.15) is 5.75 Å². The van der Waals surface area contributed by atoms with E-state index in [1.165, 1.54) is 7.11 Å². The molecule has 8 heteroatoms. The average Bonchev–Trinajstić information content (AvgIpc) is 3.15. The Balaban J connectivity index is 1.76. The number of fused-ring (bicyclic) bond motifs is 1. The molecule has 0 aliphatic heterocycles. The van der Waals surface area contributed by atoms with Gasteiger partial charge in [0.15, 0.2) is 5.65 Å². The molecule has 0 radical (unpaired) electrons. The second-order valence-electron chi connectivity index (χ2n) is 6.14. The Labute approximate surface area is 162 Å². The molecule has 0 fully saturated rings. The number of rotatable bonds is 8. The van der Waals surface area contributed by atoms with Crippen LogP contribution in [0.25, 0.3) is 11.0 Å². The van der Waals surface area contributed by atoms with Crippen molar-refractivity contribution in [2.24, 2.45) is 0 Å². The Morgan fingerprint density at radius 3 is 2.79 bits per heavy atom. The Bertz CT molecular complexity index is 970. The van der Waals surface area contributed by atoms with E-state index in [4.69, 9.17) is 9.47 Å². The molecule has 1 amide bonds. The van der Waals surface area contributed by atoms with E-state index in [9.17, 15) is 9.59 Å². The first-order chi connectivity index (χ1) is 13.6. The Kier molecular flexibility index (Phi) is 6.21. The second-order valence-corrected chi connectivity index (χ2v) is 6.14. The zero-order valence-electron chi connectivity index (χ0n) is 15.8. The molecule has 0 unspecified atom stereocenters. The summed E-state index contributed by atoms with van der Waals surface area (Å²) in [4.78, 5) is 30.3. The molecule has 3 aromatic rings. The van der Waals surface area contributed by atoms with Gasteiger partial charge >= 0.3 is 5.97 Å². The lowest BCUT2D eigenvalue weighted by molar-refractivity contribution is -0.140. The SMILES string of the molecule is COC(=O)CCN(C(=O)CCc1n[nH]c2ncccc12)c1cccc(OC)c1. The number of nitrogens with zero attached hydrogens (tertiary/aromatic N) is 3. The maximum atomic E-state index is 13.0. The summed E-state index contributed by atoms with van der Waals surface area (Å²) in [6.07, 6.45) is 2.50. The minimum atomic E-state index is -0.370. The van der Waals surface area contributed by atoms with E-state index < -0.39 is 0 Å². The summed E-state index contributed by atoms with van der Waals surface area (Å²) in [6, 6.07) is 10.9. The van der Waals surface area contributed by atoms with Crippen LogP contribution in [0.5, 0.6) is 5.75 Å². The first-order valence-electron chi connectivity index (χ1n) is 8.91. The van der Waals surface area contributed by atoms with Gasteiger partial charge in [0.2, 0.25) is 5.91 Å². The Hall–Kier alpha value is -3.42. The fraction of sp³-hybridized carbons (Fsp3) is 0.300. The highest BCUT2D eigenvalue weighted by Gasteiger charge is 2.19. The van der Waals surface area contributed by atoms with Gasteiger partial charge in [-0.05, 0) is 24.3 Å². The number of ether oxygens (including phenoxy) is 2. The molecular weight excluding hydrogens is 360 g/mol. The van der Waals surface area contributed by atoms with Crippen molar-refractivity contribution in [2.45, 2.75) is 19.3 Å². The molecule has 2 aromatic heterocycles. The maximum absolute atomic E-state index is 13.0. The van der Waals surface area contributed by atoms with Crippen molar-refractivity contribution in [3.8, 4) is 5.75 Å². The number of benzene rings is 1. The second kappa shape index (κ2) is 8.98. The zero-order chi connectivity index (χ0) is 19.9. The number of nitrogens with one attached hydrogen (secondary N) is 1. The number of carbonyl (C=O) groups excluding carboxylic acids is 2. The van der Waals surface area contributed by atoms with Crippen LogP contribution in [0.2, 0.25) is 0 Å². The van der Waals surface area contributed by atoms with Crippen molar-refractivity contribution in [3.05, 3.63) is 48.3 Å². The van der Waals surface area contributed by atoms with Gasteiger partial charge < -0.3 is 14.4 Å². The van der Waals surface area contributed by atoms with E-state index in [1.807, 2.05) is 18.2 Å². The highest BCUT2D eigenvalue weighted by Crippen LogP contribution is 2.23. The first kappa shape index (κ1) is 19.3. The number of carbonyl (C=O) groups is 2. The quantitative estimate of drug-likeness (QED) is 0.601. The van der Waals surface area contributed by atoms with Gasteiger partial charge in [-0.2, -0.15) is 5.10 Å². The van der Waals surface area contributed by atoms with Crippen LogP contribution >= 0.6 is 0 Å². The molecule has 1 N–H and O–H groups in total. The number of aromatic amines is 1. The van der Waals surface area contributed by atoms with Crippen molar-refractivity contribution in [3.63, 3.8) is 0 Å². The number of hydrogen-bond donors (Lipinski definition) is 1. The molecule has 0 saturated carbocycles. The Morgan fingerprint density at radius 2 is 2.00 bits per heavy atom. The molecule has 3 rings (SSSR count). The van der Waals surface area contributed by atoms with E-state index in [0.717, 1.165) is 11.1 Å². The number of hydrogen-bond acceptors (Lipinski definition) is 6. The van der Waals surface area contributed by atoms with Gasteiger partial charge in [-0.3, -0.25) is 14.7 Å². The number of aromatic nitrogens is 3. The average molecular weight is 382 g/mol. The lowest BCUT2D eigenvalue weighted by atomic mass is 10.1. The molecule has 0 aliphatic carbocycles. The number of esters is 1. The molecule has 8 nitrogen and oxygen atoms in total. The highest BCUT2D eigenvalue weighted by molar-refractivity contribution is 5.94. The number of pyridine rings is 1. The standard InChI is InChI=1S/C20H22N4O4/c1-27-15-6-3-5-14(13-15)24(12-10-19(26)28-2)18(25)9-8-17-16-7-4-11-21-20(16)23-22-17/h3-7,11,13H,8-10,12H2,1-2H3,(H,21,22,23). The van der Waals surface area contributed by atoms with Gasteiger partial charge in [0.25, 0.3) is 0 Å². The lowest BCUT2D eigenvalue weighted by Crippen LogP contribution is -2.33. The van der Waals surface area contributed by atoms with Gasteiger partial charge in [0, 0.05) is 42.7 Å². The van der Waals surface area contributed by atoms with Crippen LogP contribution in [0.4, 0.5) is 5.69 Å². The summed E-state index contributed by atoms with van der Waals surface area (Å²) in [5.74, 6) is 0.153. The Morgan fingerprint density at radius 1 is 1.14 bits per heavy atom. The van der Waals surface area contributed by atoms with E-state index in [1.54, 1.807) is 36.4 Å². The van der Waals surface area contributed by atoms with E-state index in [0.29, 0.717) is 23.5 Å². The zero-order valence-corrected chi connectivity index (χ0v) is 15.8. The van der Waals surface area contributed by atoms with E-state index in [-0.39, 0.29) is 31.3 Å². The van der Waals surface area contributed by atoms with Crippen LogP contribution in [-0.2, 0) is 20.7 Å². The van der Waals surface area contributed by atoms with Gasteiger partial charge in [-0.1, -0.05) is 6.07 Å². The van der Waals surface area contributed by atoms with E-state index in [2.05, 4.69) is 15.2 Å². The molecule has 0 atom stereocenters. The minimum Gasteiger partial charge on any atom is -0.497 e. The van der Waals surface area contributed by atoms with Crippen molar-refractivity contribution in [2.75, 3.05) is 25.7 Å². The topological polar surface area (TPSA) is 97.4 Å². The number of aryl methyl sites for hydroxylation is 1. The third-order valence-electron chi connectivity index (χ3n) is 4.42. The molecule has 1 aromatic carbocycles. The molecule has 2 heterocycles. The highest BCUT2D eigenvalue weighted by atomic mass is 16.5. The fourth-order valence-electron chi connectivity index (χ4n) is 2.94. The third-order valence-corrected chi connectivity index (χ3v) is 4.42. The monoisotopic (exact) mass is 382 g/mol. The summed E-state index contributed by atoms with van der Waals surface area (Å²) >= 11 is 0. The largest absolute Gasteiger partial charge is 0.497 e. The van der Waals surface area contributed by atoms with Crippen LogP contribution in [0, 0.1) is 0 Å². The van der Waals surface area contributed by atoms with Crippen LogP contribution in [0.1, 0.15) is 18.5 Å². The van der Waals surface area contributed by atoms with Crippen molar-refractivity contribution in [1.82, 2.24) is 15.2 Å². The molecule has 0 saturated heterocycles. The minimum absolute atomic E-state index is 0.106. The van der Waals surface area contributed by atoms with Crippen LogP contribution in [0.3, 0.4) is 0 Å². The normalized spacial score (nSPS) is 10.6. The summed E-state index contributed by atoms with van der Waals surface area (Å²) < 4.78 is 9.95. The molecule has 0 aliphatic rings. The third kappa shape index (κ3) is 4.46. The number of anilines is 1. The smallest absolute Gasteiger partial charge is 0.307 e. The number of amides is 1. The van der Waals surface area contributed by atoms with E-state index >= 15 is 0 Å². The maximum Gasteiger partial charge on any atom is 0.307 e. The summed E-state index contributed by atoms with van der Waals surface area (Å²) in [5.41, 5.74) is 2.15. The first-order valence-corrected chi connectivity index (χ1v) is 8.91. The van der Waals surface area contributed by atoms with Crippen molar-refractivity contribution >= 4 is 28.6 Å². The summed E-state index contributed by atoms with van der Waals surface area (Å²) in [5, 5.41) is 8.03. The van der Waals surface area contributed by atoms with Crippen molar-refractivity contribution in [1.29, 1.82) is 0 Å². The predicted octanol–water partition coefficient (Wildman–Crippen LogP) is 2.50. The van der Waals surface area contributed by atoms with Gasteiger partial charge in [0.05, 0.1) is 26.3 Å². The molecule has 28 heavy (non-hydrogen) atoms. The number of methoxy groups -OCH3 is 2. The van der Waals surface area contributed by atoms with Gasteiger partial charge in [-0.25, -0.2) is 4.98 Å². The van der Waals surface area contributed by atoms with Crippen LogP contribution in [0.15, 0.2) is 42.6 Å².